The SMILES string of the molecule is CCCCCCCCCOc1ccc(-c2ccc(-c3ccc(C4=CCC(CCCCCCC)CC4)cc3F)cc2)c(F)c1F. The number of halogens is 3. The van der Waals surface area contributed by atoms with E-state index in [1.807, 2.05) is 12.1 Å². The molecule has 0 N–H and O–H groups in total. The van der Waals surface area contributed by atoms with E-state index in [1.165, 1.54) is 82.3 Å². The van der Waals surface area contributed by atoms with Crippen LogP contribution < -0.4 is 4.74 Å². The first-order valence-corrected chi connectivity index (χ1v) is 17.2. The van der Waals surface area contributed by atoms with E-state index in [9.17, 15) is 4.39 Å². The summed E-state index contributed by atoms with van der Waals surface area (Å²) in [4.78, 5) is 0. The minimum atomic E-state index is -0.966. The third kappa shape index (κ3) is 9.74. The van der Waals surface area contributed by atoms with Crippen LogP contribution in [0.2, 0.25) is 0 Å². The third-order valence-corrected chi connectivity index (χ3v) is 9.13. The molecule has 0 saturated heterocycles. The van der Waals surface area contributed by atoms with E-state index >= 15 is 8.78 Å². The molecule has 0 spiro atoms. The van der Waals surface area contributed by atoms with Gasteiger partial charge in [0.1, 0.15) is 5.82 Å². The highest BCUT2D eigenvalue weighted by atomic mass is 19.2. The summed E-state index contributed by atoms with van der Waals surface area (Å²) in [5.41, 5.74) is 4.10. The Morgan fingerprint density at radius 1 is 0.636 bits per heavy atom. The molecule has 1 unspecified atom stereocenters. The summed E-state index contributed by atoms with van der Waals surface area (Å²) in [5.74, 6) is -1.47. The molecule has 0 radical (unpaired) electrons. The number of unbranched alkanes of at least 4 members (excludes halogenated alkanes) is 10. The van der Waals surface area contributed by atoms with Gasteiger partial charge in [-0.3, -0.25) is 0 Å². The zero-order valence-electron chi connectivity index (χ0n) is 26.9. The molecule has 1 aliphatic rings. The Kier molecular flexibility index (Phi) is 13.9. The fraction of sp³-hybridized carbons (Fsp3) is 0.500. The van der Waals surface area contributed by atoms with Crippen molar-refractivity contribution in [1.29, 1.82) is 0 Å². The highest BCUT2D eigenvalue weighted by molar-refractivity contribution is 5.74. The van der Waals surface area contributed by atoms with Crippen LogP contribution >= 0.6 is 0 Å². The van der Waals surface area contributed by atoms with Gasteiger partial charge in [0.2, 0.25) is 5.82 Å². The maximum atomic E-state index is 15.3. The van der Waals surface area contributed by atoms with Gasteiger partial charge in [0.05, 0.1) is 6.61 Å². The lowest BCUT2D eigenvalue weighted by Crippen LogP contribution is -2.05. The molecule has 0 fully saturated rings. The van der Waals surface area contributed by atoms with Gasteiger partial charge >= 0.3 is 0 Å². The van der Waals surface area contributed by atoms with Crippen molar-refractivity contribution in [1.82, 2.24) is 0 Å². The molecule has 0 aromatic heterocycles. The van der Waals surface area contributed by atoms with Gasteiger partial charge in [-0.2, -0.15) is 4.39 Å². The Morgan fingerprint density at radius 2 is 1.23 bits per heavy atom. The topological polar surface area (TPSA) is 9.23 Å². The van der Waals surface area contributed by atoms with E-state index in [0.29, 0.717) is 23.3 Å². The molecule has 0 bridgehead atoms. The largest absolute Gasteiger partial charge is 0.490 e. The maximum absolute atomic E-state index is 15.3. The van der Waals surface area contributed by atoms with Crippen molar-refractivity contribution < 1.29 is 17.9 Å². The average molecular weight is 605 g/mol. The molecular formula is C40H51F3O. The third-order valence-electron chi connectivity index (χ3n) is 9.13. The lowest BCUT2D eigenvalue weighted by Gasteiger charge is -2.22. The summed E-state index contributed by atoms with van der Waals surface area (Å²) in [6, 6.07) is 15.5. The van der Waals surface area contributed by atoms with Crippen LogP contribution in [0.5, 0.6) is 5.75 Å². The van der Waals surface area contributed by atoms with Crippen LogP contribution in [0.25, 0.3) is 27.8 Å². The van der Waals surface area contributed by atoms with Crippen LogP contribution in [0, 0.1) is 23.4 Å². The van der Waals surface area contributed by atoms with E-state index in [2.05, 4.69) is 19.9 Å². The van der Waals surface area contributed by atoms with Gasteiger partial charge in [0.25, 0.3) is 0 Å². The monoisotopic (exact) mass is 604 g/mol. The second-order valence-corrected chi connectivity index (χ2v) is 12.6. The standard InChI is InChI=1S/C40H51F3O/c1-3-5-7-9-10-12-14-28-44-38-27-26-36(39(42)40(38)43)33-22-20-32(21-23-33)35-25-24-34(29-37(35)41)31-18-16-30(17-19-31)15-13-11-8-6-4-2/h18,20-27,29-30H,3-17,19,28H2,1-2H3. The molecule has 1 aliphatic carbocycles. The van der Waals surface area contributed by atoms with E-state index < -0.39 is 11.6 Å². The van der Waals surface area contributed by atoms with Gasteiger partial charge < -0.3 is 4.74 Å². The molecule has 0 aliphatic heterocycles. The molecule has 4 rings (SSSR count). The van der Waals surface area contributed by atoms with Crippen LogP contribution in [-0.4, -0.2) is 6.61 Å². The zero-order chi connectivity index (χ0) is 31.1. The molecule has 0 saturated carbocycles. The first-order valence-electron chi connectivity index (χ1n) is 17.2. The molecule has 1 nitrogen and oxygen atoms in total. The van der Waals surface area contributed by atoms with Crippen LogP contribution in [0.15, 0.2) is 60.7 Å². The van der Waals surface area contributed by atoms with Crippen LogP contribution in [0.1, 0.15) is 122 Å². The van der Waals surface area contributed by atoms with Crippen molar-refractivity contribution in [3.05, 3.63) is 83.7 Å². The highest BCUT2D eigenvalue weighted by Gasteiger charge is 2.18. The van der Waals surface area contributed by atoms with E-state index in [0.717, 1.165) is 43.6 Å². The van der Waals surface area contributed by atoms with Crippen molar-refractivity contribution in [2.75, 3.05) is 6.61 Å². The predicted octanol–water partition coefficient (Wildman–Crippen LogP) is 13.1. The number of hydrogen-bond acceptors (Lipinski definition) is 1. The minimum Gasteiger partial charge on any atom is -0.490 e. The Morgan fingerprint density at radius 3 is 1.86 bits per heavy atom. The van der Waals surface area contributed by atoms with E-state index in [4.69, 9.17) is 4.74 Å². The Bertz CT molecular complexity index is 1330. The quantitative estimate of drug-likeness (QED) is 0.131. The number of allylic oxidation sites excluding steroid dienone is 2. The van der Waals surface area contributed by atoms with Gasteiger partial charge in [-0.25, -0.2) is 8.78 Å². The summed E-state index contributed by atoms with van der Waals surface area (Å²) >= 11 is 0. The Balaban J connectivity index is 1.32. The van der Waals surface area contributed by atoms with Crippen molar-refractivity contribution >= 4 is 5.57 Å². The van der Waals surface area contributed by atoms with Gasteiger partial charge in [-0.05, 0) is 72.1 Å². The average Bonchev–Trinajstić information content (AvgIpc) is 3.04. The fourth-order valence-corrected chi connectivity index (χ4v) is 6.34. The fourth-order valence-electron chi connectivity index (χ4n) is 6.34. The van der Waals surface area contributed by atoms with E-state index in [-0.39, 0.29) is 17.1 Å². The van der Waals surface area contributed by atoms with Crippen molar-refractivity contribution in [2.24, 2.45) is 5.92 Å². The van der Waals surface area contributed by atoms with Gasteiger partial charge in [-0.1, -0.05) is 133 Å². The molecule has 4 heteroatoms. The maximum Gasteiger partial charge on any atom is 0.201 e. The number of hydrogen-bond donors (Lipinski definition) is 0. The van der Waals surface area contributed by atoms with Crippen LogP contribution in [0.4, 0.5) is 13.2 Å². The van der Waals surface area contributed by atoms with Crippen molar-refractivity contribution in [2.45, 2.75) is 117 Å². The highest BCUT2D eigenvalue weighted by Crippen LogP contribution is 2.36. The predicted molar refractivity (Wildman–Crippen MR) is 179 cm³/mol. The van der Waals surface area contributed by atoms with Gasteiger partial charge in [0.15, 0.2) is 11.6 Å². The van der Waals surface area contributed by atoms with Crippen LogP contribution in [-0.2, 0) is 0 Å². The molecular weight excluding hydrogens is 553 g/mol. The molecule has 0 heterocycles. The molecule has 44 heavy (non-hydrogen) atoms. The summed E-state index contributed by atoms with van der Waals surface area (Å²) < 4.78 is 50.7. The molecule has 3 aromatic rings. The number of benzene rings is 3. The van der Waals surface area contributed by atoms with Gasteiger partial charge in [0, 0.05) is 11.1 Å². The van der Waals surface area contributed by atoms with Gasteiger partial charge in [-0.15, -0.1) is 0 Å². The lowest BCUT2D eigenvalue weighted by atomic mass is 9.83. The number of rotatable bonds is 18. The summed E-state index contributed by atoms with van der Waals surface area (Å²) in [6.07, 6.45) is 21.4. The van der Waals surface area contributed by atoms with E-state index in [1.54, 1.807) is 36.4 Å². The molecule has 3 aromatic carbocycles. The summed E-state index contributed by atoms with van der Waals surface area (Å²) in [6.45, 7) is 4.82. The lowest BCUT2D eigenvalue weighted by molar-refractivity contribution is 0.285. The summed E-state index contributed by atoms with van der Waals surface area (Å²) in [7, 11) is 0. The molecule has 238 valence electrons. The second kappa shape index (κ2) is 18.1. The Hall–Kier alpha value is -3.01. The smallest absolute Gasteiger partial charge is 0.201 e. The minimum absolute atomic E-state index is 0.0537. The zero-order valence-corrected chi connectivity index (χ0v) is 26.9. The number of ether oxygens (including phenoxy) is 1. The van der Waals surface area contributed by atoms with Crippen molar-refractivity contribution in [3.8, 4) is 28.0 Å². The first-order chi connectivity index (χ1) is 21.5. The first kappa shape index (κ1) is 33.9. The summed E-state index contributed by atoms with van der Waals surface area (Å²) in [5, 5.41) is 0. The molecule has 0 amide bonds. The molecule has 1 atom stereocenters. The van der Waals surface area contributed by atoms with Crippen LogP contribution in [0.3, 0.4) is 0 Å². The Labute approximate surface area is 263 Å². The second-order valence-electron chi connectivity index (χ2n) is 12.6. The normalized spacial score (nSPS) is 14.9. The van der Waals surface area contributed by atoms with Crippen molar-refractivity contribution in [3.63, 3.8) is 0 Å².